The number of nitrogens with zero attached hydrogens (tertiary/aromatic N) is 1. The standard InChI is InChI=1S/C14H19NO2/c1-5-17-14(16)13(10-15(3)4)12-8-6-11(2)7-9-12/h6-10H,5H2,1-4H3. The van der Waals surface area contributed by atoms with E-state index in [-0.39, 0.29) is 5.97 Å². The van der Waals surface area contributed by atoms with E-state index in [4.69, 9.17) is 4.74 Å². The quantitative estimate of drug-likeness (QED) is 0.591. The van der Waals surface area contributed by atoms with Crippen LogP contribution in [0.25, 0.3) is 5.57 Å². The Balaban J connectivity index is 3.06. The van der Waals surface area contributed by atoms with Gasteiger partial charge in [0, 0.05) is 20.3 Å². The molecule has 0 fully saturated rings. The molecule has 3 heteroatoms. The molecule has 0 atom stereocenters. The van der Waals surface area contributed by atoms with Gasteiger partial charge < -0.3 is 9.64 Å². The summed E-state index contributed by atoms with van der Waals surface area (Å²) in [5, 5.41) is 0. The second-order valence-corrected chi connectivity index (χ2v) is 4.09. The first-order valence-electron chi connectivity index (χ1n) is 5.67. The second kappa shape index (κ2) is 6.09. The van der Waals surface area contributed by atoms with Crippen LogP contribution in [0.1, 0.15) is 18.1 Å². The Morgan fingerprint density at radius 2 is 1.88 bits per heavy atom. The van der Waals surface area contributed by atoms with Crippen LogP contribution >= 0.6 is 0 Å². The second-order valence-electron chi connectivity index (χ2n) is 4.09. The van der Waals surface area contributed by atoms with E-state index in [1.165, 1.54) is 5.56 Å². The zero-order chi connectivity index (χ0) is 12.8. The summed E-state index contributed by atoms with van der Waals surface area (Å²) in [5.41, 5.74) is 2.63. The molecule has 0 bridgehead atoms. The normalized spacial score (nSPS) is 11.2. The lowest BCUT2D eigenvalue weighted by Gasteiger charge is -2.11. The molecule has 0 aliphatic rings. The average Bonchev–Trinajstić information content (AvgIpc) is 2.27. The largest absolute Gasteiger partial charge is 0.462 e. The minimum atomic E-state index is -0.287. The Labute approximate surface area is 103 Å². The Hall–Kier alpha value is -1.77. The van der Waals surface area contributed by atoms with Crippen LogP contribution in [0.3, 0.4) is 0 Å². The van der Waals surface area contributed by atoms with E-state index >= 15 is 0 Å². The van der Waals surface area contributed by atoms with E-state index in [1.54, 1.807) is 13.1 Å². The Kier molecular flexibility index (Phi) is 4.76. The van der Waals surface area contributed by atoms with Crippen molar-refractivity contribution < 1.29 is 9.53 Å². The van der Waals surface area contributed by atoms with Gasteiger partial charge in [-0.2, -0.15) is 0 Å². The maximum atomic E-state index is 11.8. The lowest BCUT2D eigenvalue weighted by atomic mass is 10.1. The summed E-state index contributed by atoms with van der Waals surface area (Å²) in [6.07, 6.45) is 1.78. The molecule has 3 nitrogen and oxygen atoms in total. The Morgan fingerprint density at radius 3 is 2.35 bits per heavy atom. The summed E-state index contributed by atoms with van der Waals surface area (Å²) in [6, 6.07) is 7.83. The number of carbonyl (C=O) groups is 1. The highest BCUT2D eigenvalue weighted by Crippen LogP contribution is 2.17. The predicted molar refractivity (Wildman–Crippen MR) is 69.5 cm³/mol. The van der Waals surface area contributed by atoms with Crippen molar-refractivity contribution in [3.8, 4) is 0 Å². The van der Waals surface area contributed by atoms with E-state index in [2.05, 4.69) is 0 Å². The van der Waals surface area contributed by atoms with Crippen molar-refractivity contribution in [1.29, 1.82) is 0 Å². The van der Waals surface area contributed by atoms with E-state index in [9.17, 15) is 4.79 Å². The van der Waals surface area contributed by atoms with Crippen LogP contribution < -0.4 is 0 Å². The van der Waals surface area contributed by atoms with Crippen LogP contribution in [0, 0.1) is 6.92 Å². The zero-order valence-electron chi connectivity index (χ0n) is 10.9. The van der Waals surface area contributed by atoms with Crippen LogP contribution in [-0.2, 0) is 9.53 Å². The number of carbonyl (C=O) groups excluding carboxylic acids is 1. The van der Waals surface area contributed by atoms with Gasteiger partial charge in [0.05, 0.1) is 12.2 Å². The smallest absolute Gasteiger partial charge is 0.340 e. The van der Waals surface area contributed by atoms with Crippen molar-refractivity contribution >= 4 is 11.5 Å². The number of rotatable bonds is 4. The van der Waals surface area contributed by atoms with Gasteiger partial charge in [0.25, 0.3) is 0 Å². The zero-order valence-corrected chi connectivity index (χ0v) is 10.9. The monoisotopic (exact) mass is 233 g/mol. The van der Waals surface area contributed by atoms with Gasteiger partial charge in [-0.25, -0.2) is 4.79 Å². The number of aryl methyl sites for hydroxylation is 1. The SMILES string of the molecule is CCOC(=O)C(=CN(C)C)c1ccc(C)cc1. The fourth-order valence-corrected chi connectivity index (χ4v) is 1.45. The van der Waals surface area contributed by atoms with Gasteiger partial charge in [0.1, 0.15) is 0 Å². The lowest BCUT2D eigenvalue weighted by Crippen LogP contribution is -2.11. The molecule has 0 unspecified atom stereocenters. The first kappa shape index (κ1) is 13.3. The van der Waals surface area contributed by atoms with Gasteiger partial charge >= 0.3 is 5.97 Å². The summed E-state index contributed by atoms with van der Waals surface area (Å²) in [6.45, 7) is 4.21. The summed E-state index contributed by atoms with van der Waals surface area (Å²) >= 11 is 0. The molecule has 0 N–H and O–H groups in total. The molecule has 0 aliphatic carbocycles. The third-order valence-corrected chi connectivity index (χ3v) is 2.25. The molecular formula is C14H19NO2. The molecule has 0 saturated heterocycles. The highest BCUT2D eigenvalue weighted by atomic mass is 16.5. The van der Waals surface area contributed by atoms with Crippen molar-refractivity contribution in [3.63, 3.8) is 0 Å². The number of esters is 1. The molecule has 0 amide bonds. The van der Waals surface area contributed by atoms with Crippen molar-refractivity contribution in [2.45, 2.75) is 13.8 Å². The summed E-state index contributed by atoms with van der Waals surface area (Å²) in [5.74, 6) is -0.287. The number of hydrogen-bond acceptors (Lipinski definition) is 3. The van der Waals surface area contributed by atoms with Gasteiger partial charge in [-0.15, -0.1) is 0 Å². The molecule has 0 aromatic heterocycles. The third kappa shape index (κ3) is 3.94. The Bertz CT molecular complexity index is 405. The van der Waals surface area contributed by atoms with E-state index < -0.39 is 0 Å². The van der Waals surface area contributed by atoms with Crippen molar-refractivity contribution in [2.24, 2.45) is 0 Å². The van der Waals surface area contributed by atoms with Crippen LogP contribution in [0.2, 0.25) is 0 Å². The third-order valence-electron chi connectivity index (χ3n) is 2.25. The summed E-state index contributed by atoms with van der Waals surface area (Å²) < 4.78 is 5.06. The lowest BCUT2D eigenvalue weighted by molar-refractivity contribution is -0.136. The molecule has 0 radical (unpaired) electrons. The van der Waals surface area contributed by atoms with Gasteiger partial charge in [-0.05, 0) is 19.4 Å². The molecule has 92 valence electrons. The highest BCUT2D eigenvalue weighted by molar-refractivity contribution is 6.16. The van der Waals surface area contributed by atoms with E-state index in [0.717, 1.165) is 5.56 Å². The molecule has 0 heterocycles. The molecule has 1 aromatic carbocycles. The maximum Gasteiger partial charge on any atom is 0.340 e. The minimum Gasteiger partial charge on any atom is -0.462 e. The fourth-order valence-electron chi connectivity index (χ4n) is 1.45. The van der Waals surface area contributed by atoms with Crippen molar-refractivity contribution in [1.82, 2.24) is 4.90 Å². The van der Waals surface area contributed by atoms with E-state index in [1.807, 2.05) is 50.2 Å². The van der Waals surface area contributed by atoms with Gasteiger partial charge in [-0.3, -0.25) is 0 Å². The molecule has 0 saturated carbocycles. The van der Waals surface area contributed by atoms with Crippen molar-refractivity contribution in [2.75, 3.05) is 20.7 Å². The number of hydrogen-bond donors (Lipinski definition) is 0. The maximum absolute atomic E-state index is 11.8. The predicted octanol–water partition coefficient (Wildman–Crippen LogP) is 2.46. The number of ether oxygens (including phenoxy) is 1. The van der Waals surface area contributed by atoms with Crippen LogP contribution in [0.5, 0.6) is 0 Å². The molecule has 1 aromatic rings. The molecular weight excluding hydrogens is 214 g/mol. The molecule has 1 rings (SSSR count). The van der Waals surface area contributed by atoms with Gasteiger partial charge in [0.15, 0.2) is 0 Å². The van der Waals surface area contributed by atoms with E-state index in [0.29, 0.717) is 12.2 Å². The van der Waals surface area contributed by atoms with Crippen LogP contribution in [0.4, 0.5) is 0 Å². The Morgan fingerprint density at radius 1 is 1.29 bits per heavy atom. The average molecular weight is 233 g/mol. The molecule has 0 aliphatic heterocycles. The van der Waals surface area contributed by atoms with Crippen LogP contribution in [-0.4, -0.2) is 31.6 Å². The fraction of sp³-hybridized carbons (Fsp3) is 0.357. The summed E-state index contributed by atoms with van der Waals surface area (Å²) in [4.78, 5) is 13.7. The van der Waals surface area contributed by atoms with Crippen LogP contribution in [0.15, 0.2) is 30.5 Å². The highest BCUT2D eigenvalue weighted by Gasteiger charge is 2.13. The van der Waals surface area contributed by atoms with Gasteiger partial charge in [0.2, 0.25) is 0 Å². The topological polar surface area (TPSA) is 29.5 Å². The first-order valence-corrected chi connectivity index (χ1v) is 5.67. The summed E-state index contributed by atoms with van der Waals surface area (Å²) in [7, 11) is 3.76. The molecule has 0 spiro atoms. The van der Waals surface area contributed by atoms with Crippen molar-refractivity contribution in [3.05, 3.63) is 41.6 Å². The molecule has 17 heavy (non-hydrogen) atoms. The number of benzene rings is 1. The minimum absolute atomic E-state index is 0.287. The van der Waals surface area contributed by atoms with Gasteiger partial charge in [-0.1, -0.05) is 29.8 Å². The first-order chi connectivity index (χ1) is 8.04.